The maximum atomic E-state index is 12.5. The summed E-state index contributed by atoms with van der Waals surface area (Å²) in [6, 6.07) is 10.8. The molecule has 0 fully saturated rings. The molecule has 0 saturated heterocycles. The fourth-order valence-corrected chi connectivity index (χ4v) is 2.74. The van der Waals surface area contributed by atoms with Crippen molar-refractivity contribution in [3.8, 4) is 17.2 Å². The third kappa shape index (κ3) is 5.94. The Hall–Kier alpha value is -3.10. The molecule has 0 saturated carbocycles. The molecule has 0 bridgehead atoms. The fourth-order valence-electron chi connectivity index (χ4n) is 2.74. The number of ether oxygens (including phenoxy) is 3. The molecule has 9 heteroatoms. The average molecular weight is 409 g/mol. The maximum absolute atomic E-state index is 12.5. The molecular weight excluding hydrogens is 387 g/mol. The van der Waals surface area contributed by atoms with Crippen LogP contribution in [0.4, 0.5) is 13.2 Å². The number of hydrogen-bond donors (Lipinski definition) is 2. The molecule has 0 spiro atoms. The molecule has 3 rings (SSSR count). The van der Waals surface area contributed by atoms with Gasteiger partial charge in [0.15, 0.2) is 24.1 Å². The Morgan fingerprint density at radius 2 is 1.83 bits per heavy atom. The van der Waals surface area contributed by atoms with Crippen molar-refractivity contribution in [3.63, 3.8) is 0 Å². The molecule has 0 amide bonds. The molecule has 0 atom stereocenters. The zero-order valence-corrected chi connectivity index (χ0v) is 16.1. The molecule has 2 aromatic carbocycles. The van der Waals surface area contributed by atoms with Crippen LogP contribution in [0.3, 0.4) is 0 Å². The van der Waals surface area contributed by atoms with Crippen molar-refractivity contribution < 1.29 is 27.4 Å². The molecule has 0 aliphatic carbocycles. The average Bonchev–Trinajstić information content (AvgIpc) is 3.15. The minimum absolute atomic E-state index is 0.195. The number of rotatable bonds is 6. The van der Waals surface area contributed by atoms with Crippen molar-refractivity contribution in [2.24, 2.45) is 4.99 Å². The number of benzene rings is 2. The number of aryl methyl sites for hydroxylation is 1. The first-order valence-corrected chi connectivity index (χ1v) is 8.96. The lowest BCUT2D eigenvalue weighted by atomic mass is 10.1. The molecular formula is C20H22F3N3O3. The minimum atomic E-state index is -4.39. The smallest absolute Gasteiger partial charge is 0.422 e. The van der Waals surface area contributed by atoms with E-state index in [-0.39, 0.29) is 19.1 Å². The molecule has 2 aromatic rings. The van der Waals surface area contributed by atoms with Crippen molar-refractivity contribution in [2.45, 2.75) is 26.2 Å². The molecule has 156 valence electrons. The third-order valence-electron chi connectivity index (χ3n) is 4.18. The Morgan fingerprint density at radius 3 is 2.59 bits per heavy atom. The van der Waals surface area contributed by atoms with Crippen molar-refractivity contribution in [1.29, 1.82) is 0 Å². The highest BCUT2D eigenvalue weighted by Gasteiger charge is 2.28. The van der Waals surface area contributed by atoms with E-state index in [1.807, 2.05) is 24.3 Å². The van der Waals surface area contributed by atoms with Crippen molar-refractivity contribution in [2.75, 3.05) is 20.4 Å². The second kappa shape index (κ2) is 8.93. The van der Waals surface area contributed by atoms with Crippen LogP contribution in [-0.2, 0) is 13.1 Å². The van der Waals surface area contributed by atoms with Crippen molar-refractivity contribution >= 4 is 5.96 Å². The summed E-state index contributed by atoms with van der Waals surface area (Å²) in [5.74, 6) is 2.10. The van der Waals surface area contributed by atoms with Gasteiger partial charge in [-0.15, -0.1) is 0 Å². The quantitative estimate of drug-likeness (QED) is 0.565. The summed E-state index contributed by atoms with van der Waals surface area (Å²) in [6.45, 7) is 1.42. The molecule has 6 nitrogen and oxygen atoms in total. The number of nitrogens with one attached hydrogen (secondary N) is 2. The summed E-state index contributed by atoms with van der Waals surface area (Å²) >= 11 is 0. The Morgan fingerprint density at radius 1 is 1.07 bits per heavy atom. The van der Waals surface area contributed by atoms with Gasteiger partial charge in [0.25, 0.3) is 0 Å². The predicted octanol–water partition coefficient (Wildman–Crippen LogP) is 3.53. The highest BCUT2D eigenvalue weighted by molar-refractivity contribution is 5.79. The fraction of sp³-hybridized carbons (Fsp3) is 0.350. The van der Waals surface area contributed by atoms with Gasteiger partial charge in [-0.3, -0.25) is 4.99 Å². The maximum Gasteiger partial charge on any atom is 0.422 e. The zero-order valence-electron chi connectivity index (χ0n) is 16.1. The summed E-state index contributed by atoms with van der Waals surface area (Å²) in [5, 5.41) is 6.24. The van der Waals surface area contributed by atoms with Crippen LogP contribution in [0.15, 0.2) is 41.4 Å². The van der Waals surface area contributed by atoms with Crippen LogP contribution in [0.25, 0.3) is 0 Å². The van der Waals surface area contributed by atoms with Crippen LogP contribution >= 0.6 is 0 Å². The monoisotopic (exact) mass is 409 g/mol. The SMILES string of the molecule is CN=C(NCc1ccc2c(c1)OCO2)NCc1ccc(C)cc1OCC(F)(F)F. The summed E-state index contributed by atoms with van der Waals surface area (Å²) in [6.07, 6.45) is -4.39. The highest BCUT2D eigenvalue weighted by atomic mass is 19.4. The standard InChI is InChI=1S/C20H22F3N3O3/c1-13-3-5-15(17(7-13)27-11-20(21,22)23)10-26-19(24-2)25-9-14-4-6-16-18(8-14)29-12-28-16/h3-8H,9-12H2,1-2H3,(H2,24,25,26). The van der Waals surface area contributed by atoms with E-state index < -0.39 is 12.8 Å². The van der Waals surface area contributed by atoms with E-state index >= 15 is 0 Å². The van der Waals surface area contributed by atoms with Crippen molar-refractivity contribution in [3.05, 3.63) is 53.1 Å². The van der Waals surface area contributed by atoms with E-state index in [1.54, 1.807) is 26.1 Å². The molecule has 0 radical (unpaired) electrons. The predicted molar refractivity (Wildman–Crippen MR) is 102 cm³/mol. The van der Waals surface area contributed by atoms with Gasteiger partial charge in [-0.05, 0) is 36.2 Å². The van der Waals surface area contributed by atoms with Gasteiger partial charge in [0.05, 0.1) is 0 Å². The Balaban J connectivity index is 1.58. The first kappa shape index (κ1) is 20.6. The van der Waals surface area contributed by atoms with Gasteiger partial charge in [-0.1, -0.05) is 18.2 Å². The van der Waals surface area contributed by atoms with Crippen LogP contribution < -0.4 is 24.8 Å². The first-order valence-electron chi connectivity index (χ1n) is 8.96. The van der Waals surface area contributed by atoms with Gasteiger partial charge in [0.2, 0.25) is 6.79 Å². The van der Waals surface area contributed by atoms with Gasteiger partial charge in [0.1, 0.15) is 5.75 Å². The molecule has 1 aliphatic heterocycles. The lowest BCUT2D eigenvalue weighted by Crippen LogP contribution is -2.36. The van der Waals surface area contributed by atoms with E-state index in [2.05, 4.69) is 15.6 Å². The Labute approximate surface area is 166 Å². The third-order valence-corrected chi connectivity index (χ3v) is 4.18. The Bertz CT molecular complexity index is 885. The number of fused-ring (bicyclic) bond motifs is 1. The summed E-state index contributed by atoms with van der Waals surface area (Å²) in [4.78, 5) is 4.14. The lowest BCUT2D eigenvalue weighted by Gasteiger charge is -2.16. The minimum Gasteiger partial charge on any atom is -0.484 e. The summed E-state index contributed by atoms with van der Waals surface area (Å²) < 4.78 is 53.1. The van der Waals surface area contributed by atoms with E-state index in [9.17, 15) is 13.2 Å². The van der Waals surface area contributed by atoms with E-state index in [0.717, 1.165) is 11.1 Å². The molecule has 1 heterocycles. The topological polar surface area (TPSA) is 64.1 Å². The number of halogens is 3. The second-order valence-corrected chi connectivity index (χ2v) is 6.48. The number of alkyl halides is 3. The molecule has 0 aromatic heterocycles. The van der Waals surface area contributed by atoms with Crippen LogP contribution in [0, 0.1) is 6.92 Å². The van der Waals surface area contributed by atoms with Crippen LogP contribution in [0.5, 0.6) is 17.2 Å². The van der Waals surface area contributed by atoms with Gasteiger partial charge in [-0.2, -0.15) is 13.2 Å². The molecule has 0 unspecified atom stereocenters. The normalized spacial score (nSPS) is 13.3. The van der Waals surface area contributed by atoms with Crippen LogP contribution in [0.2, 0.25) is 0 Å². The molecule has 1 aliphatic rings. The zero-order chi connectivity index (χ0) is 20.9. The molecule has 29 heavy (non-hydrogen) atoms. The summed E-state index contributed by atoms with van der Waals surface area (Å²) in [5.41, 5.74) is 2.39. The van der Waals surface area contributed by atoms with Gasteiger partial charge >= 0.3 is 6.18 Å². The number of nitrogens with zero attached hydrogens (tertiary/aromatic N) is 1. The largest absolute Gasteiger partial charge is 0.484 e. The molecule has 2 N–H and O–H groups in total. The van der Waals surface area contributed by atoms with Gasteiger partial charge in [0, 0.05) is 25.7 Å². The van der Waals surface area contributed by atoms with Crippen LogP contribution in [0.1, 0.15) is 16.7 Å². The number of guanidine groups is 1. The number of hydrogen-bond acceptors (Lipinski definition) is 4. The van der Waals surface area contributed by atoms with Crippen molar-refractivity contribution in [1.82, 2.24) is 10.6 Å². The first-order chi connectivity index (χ1) is 13.8. The van der Waals surface area contributed by atoms with Crippen LogP contribution in [-0.4, -0.2) is 32.6 Å². The second-order valence-electron chi connectivity index (χ2n) is 6.48. The lowest BCUT2D eigenvalue weighted by molar-refractivity contribution is -0.153. The van der Waals surface area contributed by atoms with Gasteiger partial charge < -0.3 is 24.8 Å². The van der Waals surface area contributed by atoms with E-state index in [1.165, 1.54) is 0 Å². The van der Waals surface area contributed by atoms with E-state index in [0.29, 0.717) is 29.6 Å². The van der Waals surface area contributed by atoms with Gasteiger partial charge in [-0.25, -0.2) is 0 Å². The summed E-state index contributed by atoms with van der Waals surface area (Å²) in [7, 11) is 1.62. The Kier molecular flexibility index (Phi) is 6.36. The van der Waals surface area contributed by atoms with E-state index in [4.69, 9.17) is 14.2 Å². The highest BCUT2D eigenvalue weighted by Crippen LogP contribution is 2.32. The number of aliphatic imine (C=N–C) groups is 1.